The third-order valence-corrected chi connectivity index (χ3v) is 2.47. The maximum atomic E-state index is 12.7. The second-order valence-electron chi connectivity index (χ2n) is 2.72. The van der Waals surface area contributed by atoms with Crippen LogP contribution in [-0.2, 0) is 11.9 Å². The number of aliphatic hydroxyl groups is 1. The maximum Gasteiger partial charge on any atom is 0.265 e. The molecule has 0 saturated carbocycles. The number of aliphatic hydroxyl groups excluding tert-OH is 1. The van der Waals surface area contributed by atoms with Crippen molar-refractivity contribution in [3.05, 3.63) is 28.6 Å². The molecule has 0 aliphatic heterocycles. The largest absolute Gasteiger partial charge is 0.392 e. The summed E-state index contributed by atoms with van der Waals surface area (Å²) in [5, 5.41) is 17.9. The summed E-state index contributed by atoms with van der Waals surface area (Å²) in [6, 6.07) is 1.63. The van der Waals surface area contributed by atoms with Crippen LogP contribution in [0.5, 0.6) is 0 Å². The minimum Gasteiger partial charge on any atom is -0.392 e. The molecular formula is C9H7BrF2N2O. The Morgan fingerprint density at radius 3 is 2.67 bits per heavy atom. The molecule has 1 N–H and O–H groups in total. The van der Waals surface area contributed by atoms with Crippen LogP contribution in [0.15, 0.2) is 6.20 Å². The molecule has 0 atom stereocenters. The molecule has 0 aromatic carbocycles. The molecule has 0 aliphatic carbocycles. The van der Waals surface area contributed by atoms with Crippen molar-refractivity contribution >= 4 is 15.9 Å². The van der Waals surface area contributed by atoms with Gasteiger partial charge in [-0.15, -0.1) is 0 Å². The van der Waals surface area contributed by atoms with Gasteiger partial charge in [0, 0.05) is 22.7 Å². The molecule has 1 heterocycles. The zero-order chi connectivity index (χ0) is 11.4. The SMILES string of the molecule is N#Cc1cnc(CBr)c(CO)c1C(F)F. The van der Waals surface area contributed by atoms with E-state index in [9.17, 15) is 8.78 Å². The lowest BCUT2D eigenvalue weighted by molar-refractivity contribution is 0.146. The second-order valence-corrected chi connectivity index (χ2v) is 3.28. The van der Waals surface area contributed by atoms with E-state index in [-0.39, 0.29) is 16.5 Å². The Balaban J connectivity index is 3.46. The Kier molecular flexibility index (Phi) is 4.12. The Morgan fingerprint density at radius 1 is 1.60 bits per heavy atom. The van der Waals surface area contributed by atoms with Gasteiger partial charge in [0.25, 0.3) is 6.43 Å². The summed E-state index contributed by atoms with van der Waals surface area (Å²) in [4.78, 5) is 3.82. The summed E-state index contributed by atoms with van der Waals surface area (Å²) in [6.45, 7) is -0.552. The summed E-state index contributed by atoms with van der Waals surface area (Å²) in [6.07, 6.45) is -1.69. The van der Waals surface area contributed by atoms with Gasteiger partial charge in [-0.05, 0) is 0 Å². The van der Waals surface area contributed by atoms with E-state index in [1.807, 2.05) is 0 Å². The summed E-state index contributed by atoms with van der Waals surface area (Å²) in [5.41, 5.74) is -0.268. The number of alkyl halides is 3. The molecule has 1 rings (SSSR count). The lowest BCUT2D eigenvalue weighted by atomic mass is 10.0. The van der Waals surface area contributed by atoms with Crippen LogP contribution in [0, 0.1) is 11.3 Å². The Bertz CT molecular complexity index is 404. The number of halogens is 3. The van der Waals surface area contributed by atoms with Gasteiger partial charge < -0.3 is 5.11 Å². The lowest BCUT2D eigenvalue weighted by Crippen LogP contribution is -2.05. The molecule has 0 spiro atoms. The molecule has 1 aromatic rings. The van der Waals surface area contributed by atoms with Gasteiger partial charge in [-0.25, -0.2) is 8.78 Å². The Hall–Kier alpha value is -1.06. The van der Waals surface area contributed by atoms with Gasteiger partial charge in [0.2, 0.25) is 0 Å². The monoisotopic (exact) mass is 276 g/mol. The van der Waals surface area contributed by atoms with Crippen LogP contribution in [0.2, 0.25) is 0 Å². The van der Waals surface area contributed by atoms with Gasteiger partial charge in [-0.2, -0.15) is 5.26 Å². The number of hydrogen-bond acceptors (Lipinski definition) is 3. The van der Waals surface area contributed by atoms with E-state index < -0.39 is 18.6 Å². The van der Waals surface area contributed by atoms with Gasteiger partial charge in [0.05, 0.1) is 17.9 Å². The van der Waals surface area contributed by atoms with Crippen LogP contribution < -0.4 is 0 Å². The fourth-order valence-electron chi connectivity index (χ4n) is 1.24. The number of hydrogen-bond donors (Lipinski definition) is 1. The number of rotatable bonds is 3. The normalized spacial score (nSPS) is 10.4. The molecule has 0 saturated heterocycles. The summed E-state index contributed by atoms with van der Waals surface area (Å²) in [7, 11) is 0. The highest BCUT2D eigenvalue weighted by atomic mass is 79.9. The predicted octanol–water partition coefficient (Wildman–Crippen LogP) is 2.28. The van der Waals surface area contributed by atoms with Crippen molar-refractivity contribution in [2.75, 3.05) is 0 Å². The van der Waals surface area contributed by atoms with Crippen LogP contribution in [0.25, 0.3) is 0 Å². The van der Waals surface area contributed by atoms with E-state index in [4.69, 9.17) is 10.4 Å². The van der Waals surface area contributed by atoms with E-state index in [2.05, 4.69) is 20.9 Å². The van der Waals surface area contributed by atoms with Crippen molar-refractivity contribution < 1.29 is 13.9 Å². The first kappa shape index (κ1) is 12.0. The van der Waals surface area contributed by atoms with Crippen LogP contribution in [-0.4, -0.2) is 10.1 Å². The van der Waals surface area contributed by atoms with Crippen molar-refractivity contribution in [2.45, 2.75) is 18.4 Å². The van der Waals surface area contributed by atoms with Crippen molar-refractivity contribution in [2.24, 2.45) is 0 Å². The molecule has 0 radical (unpaired) electrons. The Morgan fingerprint density at radius 2 is 2.27 bits per heavy atom. The van der Waals surface area contributed by atoms with Gasteiger partial charge in [-0.1, -0.05) is 15.9 Å². The average molecular weight is 277 g/mol. The topological polar surface area (TPSA) is 56.9 Å². The highest BCUT2D eigenvalue weighted by Crippen LogP contribution is 2.28. The number of nitrogens with zero attached hydrogens (tertiary/aromatic N) is 2. The highest BCUT2D eigenvalue weighted by molar-refractivity contribution is 9.08. The molecule has 0 fully saturated rings. The van der Waals surface area contributed by atoms with E-state index in [0.29, 0.717) is 5.69 Å². The molecule has 0 aliphatic rings. The minimum atomic E-state index is -2.79. The summed E-state index contributed by atoms with van der Waals surface area (Å²) in [5.74, 6) is 0. The lowest BCUT2D eigenvalue weighted by Gasteiger charge is -2.11. The molecular weight excluding hydrogens is 270 g/mol. The molecule has 3 nitrogen and oxygen atoms in total. The van der Waals surface area contributed by atoms with Crippen LogP contribution >= 0.6 is 15.9 Å². The van der Waals surface area contributed by atoms with E-state index >= 15 is 0 Å². The number of nitriles is 1. The van der Waals surface area contributed by atoms with Gasteiger partial charge in [0.15, 0.2) is 0 Å². The molecule has 6 heteroatoms. The van der Waals surface area contributed by atoms with Crippen LogP contribution in [0.4, 0.5) is 8.78 Å². The van der Waals surface area contributed by atoms with E-state index in [1.54, 1.807) is 6.07 Å². The van der Waals surface area contributed by atoms with Crippen molar-refractivity contribution in [1.82, 2.24) is 4.98 Å². The minimum absolute atomic E-state index is 0.0286. The summed E-state index contributed by atoms with van der Waals surface area (Å²) >= 11 is 3.08. The molecule has 0 amide bonds. The number of aromatic nitrogens is 1. The van der Waals surface area contributed by atoms with E-state index in [1.165, 1.54) is 0 Å². The molecule has 80 valence electrons. The zero-order valence-corrected chi connectivity index (χ0v) is 9.13. The summed E-state index contributed by atoms with van der Waals surface area (Å²) < 4.78 is 25.3. The van der Waals surface area contributed by atoms with Gasteiger partial charge in [-0.3, -0.25) is 4.98 Å². The van der Waals surface area contributed by atoms with Crippen molar-refractivity contribution in [1.29, 1.82) is 5.26 Å². The first-order valence-corrected chi connectivity index (χ1v) is 5.13. The molecule has 0 bridgehead atoms. The zero-order valence-electron chi connectivity index (χ0n) is 7.54. The highest BCUT2D eigenvalue weighted by Gasteiger charge is 2.20. The predicted molar refractivity (Wildman–Crippen MR) is 52.5 cm³/mol. The van der Waals surface area contributed by atoms with Crippen molar-refractivity contribution in [3.8, 4) is 6.07 Å². The third-order valence-electron chi connectivity index (χ3n) is 1.94. The van der Waals surface area contributed by atoms with Gasteiger partial charge in [0.1, 0.15) is 6.07 Å². The number of pyridine rings is 1. The average Bonchev–Trinajstić information content (AvgIpc) is 2.26. The van der Waals surface area contributed by atoms with Crippen molar-refractivity contribution in [3.63, 3.8) is 0 Å². The molecule has 0 unspecified atom stereocenters. The fourth-order valence-corrected chi connectivity index (χ4v) is 1.72. The van der Waals surface area contributed by atoms with Gasteiger partial charge >= 0.3 is 0 Å². The second kappa shape index (κ2) is 5.14. The fraction of sp³-hybridized carbons (Fsp3) is 0.333. The van der Waals surface area contributed by atoms with Crippen LogP contribution in [0.1, 0.15) is 28.8 Å². The van der Waals surface area contributed by atoms with Crippen LogP contribution in [0.3, 0.4) is 0 Å². The third kappa shape index (κ3) is 2.30. The molecule has 15 heavy (non-hydrogen) atoms. The molecule has 1 aromatic heterocycles. The first-order valence-electron chi connectivity index (χ1n) is 4.01. The smallest absolute Gasteiger partial charge is 0.265 e. The first-order chi connectivity index (χ1) is 7.15. The Labute approximate surface area is 93.5 Å². The maximum absolute atomic E-state index is 12.7. The quantitative estimate of drug-likeness (QED) is 0.862. The standard InChI is InChI=1S/C9H7BrF2N2O/c10-1-7-6(4-15)8(9(11)12)5(2-13)3-14-7/h3,9,15H,1,4H2. The van der Waals surface area contributed by atoms with E-state index in [0.717, 1.165) is 6.20 Å².